The van der Waals surface area contributed by atoms with Gasteiger partial charge < -0.3 is 4.42 Å². The van der Waals surface area contributed by atoms with E-state index in [2.05, 4.69) is 6.07 Å². The highest BCUT2D eigenvalue weighted by Crippen LogP contribution is 2.40. The van der Waals surface area contributed by atoms with Crippen molar-refractivity contribution in [2.75, 3.05) is 0 Å². The molecule has 30 heavy (non-hydrogen) atoms. The van der Waals surface area contributed by atoms with Gasteiger partial charge in [0.1, 0.15) is 17.0 Å². The van der Waals surface area contributed by atoms with Crippen LogP contribution >= 0.6 is 0 Å². The van der Waals surface area contributed by atoms with Crippen LogP contribution in [0.2, 0.25) is 0 Å². The molecule has 0 fully saturated rings. The van der Waals surface area contributed by atoms with Gasteiger partial charge in [-0.05, 0) is 17.5 Å². The van der Waals surface area contributed by atoms with E-state index in [9.17, 15) is 4.79 Å². The molecule has 0 atom stereocenters. The molecule has 7 aromatic rings. The summed E-state index contributed by atoms with van der Waals surface area (Å²) in [5, 5.41) is 4.69. The summed E-state index contributed by atoms with van der Waals surface area (Å²) in [6.45, 7) is 0. The molecular weight excluding hydrogens is 372 g/mol. The van der Waals surface area contributed by atoms with Crippen LogP contribution in [-0.4, -0.2) is 9.38 Å². The third-order valence-corrected chi connectivity index (χ3v) is 5.94. The van der Waals surface area contributed by atoms with E-state index < -0.39 is 0 Å². The standard InChI is InChI=1S/C26H14N2O2/c29-26-17-11-5-4-10-16(17)23-22-18-12-6-7-13-20(18)30-21(22)14-19-24(23)28(26)25(27-19)15-8-2-1-3-9-15/h1-14H. The number of furan rings is 1. The largest absolute Gasteiger partial charge is 0.456 e. The first-order valence-electron chi connectivity index (χ1n) is 9.87. The van der Waals surface area contributed by atoms with Gasteiger partial charge in [0.05, 0.1) is 11.0 Å². The normalized spacial score (nSPS) is 12.1. The molecule has 0 aliphatic carbocycles. The van der Waals surface area contributed by atoms with Crippen LogP contribution in [0, 0.1) is 0 Å². The Balaban J connectivity index is 1.85. The summed E-state index contributed by atoms with van der Waals surface area (Å²) < 4.78 is 7.96. The number of rotatable bonds is 1. The number of benzene rings is 4. The summed E-state index contributed by atoms with van der Waals surface area (Å²) in [7, 11) is 0. The monoisotopic (exact) mass is 386 g/mol. The van der Waals surface area contributed by atoms with Gasteiger partial charge in [-0.2, -0.15) is 0 Å². The average molecular weight is 386 g/mol. The minimum Gasteiger partial charge on any atom is -0.456 e. The van der Waals surface area contributed by atoms with E-state index in [0.717, 1.165) is 49.3 Å². The zero-order valence-electron chi connectivity index (χ0n) is 15.8. The lowest BCUT2D eigenvalue weighted by Crippen LogP contribution is -2.14. The van der Waals surface area contributed by atoms with E-state index in [1.807, 2.05) is 78.9 Å². The van der Waals surface area contributed by atoms with Gasteiger partial charge in [-0.1, -0.05) is 66.7 Å². The molecular formula is C26H14N2O2. The molecule has 4 aromatic carbocycles. The smallest absolute Gasteiger partial charge is 0.264 e. The summed E-state index contributed by atoms with van der Waals surface area (Å²) in [5.41, 5.74) is 4.09. The molecule has 4 heteroatoms. The average Bonchev–Trinajstić information content (AvgIpc) is 3.36. The molecule has 0 bridgehead atoms. The van der Waals surface area contributed by atoms with Crippen LogP contribution in [0.25, 0.3) is 60.5 Å². The third kappa shape index (κ3) is 1.85. The van der Waals surface area contributed by atoms with Crippen molar-refractivity contribution < 1.29 is 4.42 Å². The minimum absolute atomic E-state index is 0.0494. The molecule has 0 aliphatic heterocycles. The Labute approximate surface area is 169 Å². The van der Waals surface area contributed by atoms with Gasteiger partial charge in [-0.3, -0.25) is 9.20 Å². The summed E-state index contributed by atoms with van der Waals surface area (Å²) in [6.07, 6.45) is 0. The second-order valence-electron chi connectivity index (χ2n) is 7.58. The van der Waals surface area contributed by atoms with E-state index in [1.54, 1.807) is 4.40 Å². The zero-order chi connectivity index (χ0) is 19.8. The van der Waals surface area contributed by atoms with E-state index in [-0.39, 0.29) is 5.56 Å². The number of fused-ring (bicyclic) bond motifs is 6. The van der Waals surface area contributed by atoms with E-state index in [4.69, 9.17) is 9.40 Å². The molecule has 0 saturated carbocycles. The van der Waals surface area contributed by atoms with Crippen LogP contribution in [0.5, 0.6) is 0 Å². The molecule has 140 valence electrons. The van der Waals surface area contributed by atoms with Crippen molar-refractivity contribution in [1.82, 2.24) is 9.38 Å². The first kappa shape index (κ1) is 15.7. The Bertz CT molecular complexity index is 1810. The highest BCUT2D eigenvalue weighted by Gasteiger charge is 2.22. The van der Waals surface area contributed by atoms with Gasteiger partial charge in [0.25, 0.3) is 5.56 Å². The number of para-hydroxylation sites is 1. The SMILES string of the molecule is O=c1c2ccccc2c2c3c(cc4nc(-c5ccccc5)n1c42)oc1ccccc13. The van der Waals surface area contributed by atoms with E-state index >= 15 is 0 Å². The maximum Gasteiger partial charge on any atom is 0.264 e. The Morgan fingerprint density at radius 3 is 2.23 bits per heavy atom. The molecule has 0 unspecified atom stereocenters. The summed E-state index contributed by atoms with van der Waals surface area (Å²) in [4.78, 5) is 18.5. The predicted octanol–water partition coefficient (Wildman–Crippen LogP) is 6.01. The highest BCUT2D eigenvalue weighted by molar-refractivity contribution is 6.29. The Morgan fingerprint density at radius 1 is 0.700 bits per heavy atom. The topological polar surface area (TPSA) is 47.5 Å². The summed E-state index contributed by atoms with van der Waals surface area (Å²) in [5.74, 6) is 0.656. The molecule has 7 rings (SSSR count). The quantitative estimate of drug-likeness (QED) is 0.325. The fraction of sp³-hybridized carbons (Fsp3) is 0. The van der Waals surface area contributed by atoms with Crippen molar-refractivity contribution in [3.8, 4) is 11.4 Å². The molecule has 4 nitrogen and oxygen atoms in total. The number of nitrogens with zero attached hydrogens (tertiary/aromatic N) is 2. The molecule has 0 spiro atoms. The predicted molar refractivity (Wildman–Crippen MR) is 120 cm³/mol. The first-order valence-corrected chi connectivity index (χ1v) is 9.87. The molecule has 0 radical (unpaired) electrons. The zero-order valence-corrected chi connectivity index (χ0v) is 15.8. The number of pyridine rings is 1. The third-order valence-electron chi connectivity index (χ3n) is 5.94. The van der Waals surface area contributed by atoms with Gasteiger partial charge in [0.15, 0.2) is 0 Å². The van der Waals surface area contributed by atoms with Crippen LogP contribution < -0.4 is 5.56 Å². The van der Waals surface area contributed by atoms with Crippen LogP contribution in [0.3, 0.4) is 0 Å². The lowest BCUT2D eigenvalue weighted by atomic mass is 10.0. The van der Waals surface area contributed by atoms with Gasteiger partial charge in [0.2, 0.25) is 0 Å². The van der Waals surface area contributed by atoms with Crippen LogP contribution in [0.1, 0.15) is 0 Å². The summed E-state index contributed by atoms with van der Waals surface area (Å²) >= 11 is 0. The minimum atomic E-state index is -0.0494. The van der Waals surface area contributed by atoms with Crippen molar-refractivity contribution in [2.45, 2.75) is 0 Å². The molecule has 3 aromatic heterocycles. The van der Waals surface area contributed by atoms with Crippen LogP contribution in [0.15, 0.2) is 94.1 Å². The first-order chi connectivity index (χ1) is 14.8. The van der Waals surface area contributed by atoms with Crippen molar-refractivity contribution in [1.29, 1.82) is 0 Å². The number of hydrogen-bond donors (Lipinski definition) is 0. The lowest BCUT2D eigenvalue weighted by molar-refractivity contribution is 0.669. The van der Waals surface area contributed by atoms with Gasteiger partial charge in [0, 0.05) is 33.2 Å². The number of aromatic nitrogens is 2. The van der Waals surface area contributed by atoms with Gasteiger partial charge >= 0.3 is 0 Å². The van der Waals surface area contributed by atoms with E-state index in [1.165, 1.54) is 0 Å². The maximum absolute atomic E-state index is 13.6. The molecule has 0 saturated heterocycles. The van der Waals surface area contributed by atoms with Crippen LogP contribution in [-0.2, 0) is 0 Å². The number of imidazole rings is 1. The molecule has 0 aliphatic rings. The molecule has 3 heterocycles. The van der Waals surface area contributed by atoms with Crippen LogP contribution in [0.4, 0.5) is 0 Å². The van der Waals surface area contributed by atoms with Crippen molar-refractivity contribution >= 4 is 49.1 Å². The van der Waals surface area contributed by atoms with Gasteiger partial charge in [-0.15, -0.1) is 0 Å². The Kier molecular flexibility index (Phi) is 2.86. The Hall–Kier alpha value is -4.18. The van der Waals surface area contributed by atoms with E-state index in [0.29, 0.717) is 11.2 Å². The fourth-order valence-corrected chi connectivity index (χ4v) is 4.69. The molecule has 0 amide bonds. The van der Waals surface area contributed by atoms with Crippen molar-refractivity contribution in [3.05, 3.63) is 95.3 Å². The highest BCUT2D eigenvalue weighted by atomic mass is 16.3. The Morgan fingerprint density at radius 2 is 1.40 bits per heavy atom. The second kappa shape index (κ2) is 5.45. The lowest BCUT2D eigenvalue weighted by Gasteiger charge is -2.08. The number of hydrogen-bond acceptors (Lipinski definition) is 3. The fourth-order valence-electron chi connectivity index (χ4n) is 4.69. The second-order valence-corrected chi connectivity index (χ2v) is 7.58. The summed E-state index contributed by atoms with van der Waals surface area (Å²) in [6, 6.07) is 27.6. The molecule has 0 N–H and O–H groups in total. The van der Waals surface area contributed by atoms with Crippen molar-refractivity contribution in [2.24, 2.45) is 0 Å². The van der Waals surface area contributed by atoms with Crippen molar-refractivity contribution in [3.63, 3.8) is 0 Å². The van der Waals surface area contributed by atoms with Gasteiger partial charge in [-0.25, -0.2) is 4.98 Å². The maximum atomic E-state index is 13.6.